The maximum Gasteiger partial charge on any atom is 0.325 e. The van der Waals surface area contributed by atoms with Gasteiger partial charge in [0.2, 0.25) is 0 Å². The second-order valence-corrected chi connectivity index (χ2v) is 5.13. The number of nitrogens with one attached hydrogen (secondary N) is 1. The molecule has 0 aliphatic carbocycles. The molecule has 0 radical (unpaired) electrons. The van der Waals surface area contributed by atoms with E-state index in [1.54, 1.807) is 7.05 Å². The molecule has 5 nitrogen and oxygen atoms in total. The van der Waals surface area contributed by atoms with Crippen LogP contribution in [0.2, 0.25) is 0 Å². The Labute approximate surface area is 115 Å². The molecule has 19 heavy (non-hydrogen) atoms. The standard InChI is InChI=1S/C14H25N3O2/c1-6-7-12-16-8-9-17(12)11(2)10-14(3,15-4)13(18)19-5/h8-9,11,15H,6-7,10H2,1-5H3. The topological polar surface area (TPSA) is 56.2 Å². The van der Waals surface area contributed by atoms with E-state index in [9.17, 15) is 4.79 Å². The Kier molecular flexibility index (Phi) is 5.54. The highest BCUT2D eigenvalue weighted by atomic mass is 16.5. The smallest absolute Gasteiger partial charge is 0.325 e. The van der Waals surface area contributed by atoms with Gasteiger partial charge < -0.3 is 14.6 Å². The van der Waals surface area contributed by atoms with Crippen LogP contribution in [0.15, 0.2) is 12.4 Å². The van der Waals surface area contributed by atoms with Crippen LogP contribution in [0.1, 0.15) is 45.5 Å². The molecule has 0 spiro atoms. The van der Waals surface area contributed by atoms with Crippen LogP contribution in [0, 0.1) is 0 Å². The van der Waals surface area contributed by atoms with Crippen molar-refractivity contribution in [1.82, 2.24) is 14.9 Å². The van der Waals surface area contributed by atoms with Gasteiger partial charge in [-0.3, -0.25) is 4.79 Å². The molecule has 0 saturated carbocycles. The summed E-state index contributed by atoms with van der Waals surface area (Å²) in [5, 5.41) is 3.07. The molecule has 2 atom stereocenters. The number of imidazole rings is 1. The first-order valence-corrected chi connectivity index (χ1v) is 6.77. The van der Waals surface area contributed by atoms with Gasteiger partial charge in [-0.05, 0) is 33.7 Å². The first kappa shape index (κ1) is 15.7. The van der Waals surface area contributed by atoms with Crippen molar-refractivity contribution in [1.29, 1.82) is 0 Å². The number of hydrogen-bond acceptors (Lipinski definition) is 4. The van der Waals surface area contributed by atoms with E-state index in [0.29, 0.717) is 6.42 Å². The summed E-state index contributed by atoms with van der Waals surface area (Å²) in [7, 11) is 3.20. The quantitative estimate of drug-likeness (QED) is 0.767. The third kappa shape index (κ3) is 3.56. The molecule has 0 aliphatic rings. The van der Waals surface area contributed by atoms with Crippen molar-refractivity contribution < 1.29 is 9.53 Å². The number of carbonyl (C=O) groups excluding carboxylic acids is 1. The van der Waals surface area contributed by atoms with Gasteiger partial charge in [0.15, 0.2) is 0 Å². The second-order valence-electron chi connectivity index (χ2n) is 5.13. The van der Waals surface area contributed by atoms with Crippen molar-refractivity contribution in [2.75, 3.05) is 14.2 Å². The SMILES string of the molecule is CCCc1nccn1C(C)CC(C)(NC)C(=O)OC. The summed E-state index contributed by atoms with van der Waals surface area (Å²) in [6, 6.07) is 0.181. The lowest BCUT2D eigenvalue weighted by atomic mass is 9.93. The van der Waals surface area contributed by atoms with Gasteiger partial charge in [0, 0.05) is 24.9 Å². The van der Waals surface area contributed by atoms with Crippen LogP contribution in [-0.2, 0) is 16.0 Å². The minimum absolute atomic E-state index is 0.181. The van der Waals surface area contributed by atoms with E-state index in [-0.39, 0.29) is 12.0 Å². The van der Waals surface area contributed by atoms with Crippen LogP contribution >= 0.6 is 0 Å². The average molecular weight is 267 g/mol. The molecule has 0 amide bonds. The Morgan fingerprint density at radius 1 is 1.63 bits per heavy atom. The Morgan fingerprint density at radius 3 is 2.84 bits per heavy atom. The van der Waals surface area contributed by atoms with Gasteiger partial charge in [0.05, 0.1) is 7.11 Å². The molecule has 0 aromatic carbocycles. The highest BCUT2D eigenvalue weighted by molar-refractivity contribution is 5.80. The number of likely N-dealkylation sites (N-methyl/N-ethyl adjacent to an activating group) is 1. The number of ether oxygens (including phenoxy) is 1. The average Bonchev–Trinajstić information content (AvgIpc) is 2.86. The molecule has 0 saturated heterocycles. The van der Waals surface area contributed by atoms with E-state index < -0.39 is 5.54 Å². The van der Waals surface area contributed by atoms with Crippen LogP contribution in [0.4, 0.5) is 0 Å². The molecule has 1 aromatic rings. The zero-order chi connectivity index (χ0) is 14.5. The van der Waals surface area contributed by atoms with E-state index in [1.165, 1.54) is 7.11 Å². The van der Waals surface area contributed by atoms with E-state index in [2.05, 4.69) is 28.7 Å². The van der Waals surface area contributed by atoms with Gasteiger partial charge in [-0.2, -0.15) is 0 Å². The van der Waals surface area contributed by atoms with Crippen molar-refractivity contribution in [2.45, 2.75) is 51.6 Å². The Bertz CT molecular complexity index is 417. The van der Waals surface area contributed by atoms with Crippen LogP contribution in [0.3, 0.4) is 0 Å². The molecule has 0 aliphatic heterocycles. The third-order valence-corrected chi connectivity index (χ3v) is 3.59. The first-order valence-electron chi connectivity index (χ1n) is 6.77. The van der Waals surface area contributed by atoms with Crippen LogP contribution in [0.25, 0.3) is 0 Å². The Hall–Kier alpha value is -1.36. The normalized spacial score (nSPS) is 15.8. The summed E-state index contributed by atoms with van der Waals surface area (Å²) < 4.78 is 7.02. The minimum atomic E-state index is -0.679. The lowest BCUT2D eigenvalue weighted by Gasteiger charge is -2.30. The summed E-state index contributed by atoms with van der Waals surface area (Å²) in [6.07, 6.45) is 6.46. The predicted octanol–water partition coefficient (Wildman–Crippen LogP) is 1.94. The molecule has 1 aromatic heterocycles. The fourth-order valence-corrected chi connectivity index (χ4v) is 2.36. The van der Waals surface area contributed by atoms with Crippen molar-refractivity contribution in [3.8, 4) is 0 Å². The summed E-state index contributed by atoms with van der Waals surface area (Å²) in [5.74, 6) is 0.831. The van der Waals surface area contributed by atoms with Gasteiger partial charge in [-0.1, -0.05) is 6.92 Å². The number of aryl methyl sites for hydroxylation is 1. The number of nitrogens with zero attached hydrogens (tertiary/aromatic N) is 2. The molecular formula is C14H25N3O2. The highest BCUT2D eigenvalue weighted by Gasteiger charge is 2.34. The molecule has 1 rings (SSSR count). The summed E-state index contributed by atoms with van der Waals surface area (Å²) >= 11 is 0. The Morgan fingerprint density at radius 2 is 2.32 bits per heavy atom. The lowest BCUT2D eigenvalue weighted by Crippen LogP contribution is -2.49. The van der Waals surface area contributed by atoms with Crippen LogP contribution < -0.4 is 5.32 Å². The van der Waals surface area contributed by atoms with E-state index in [4.69, 9.17) is 4.74 Å². The van der Waals surface area contributed by atoms with Crippen LogP contribution in [-0.4, -0.2) is 35.2 Å². The predicted molar refractivity (Wildman–Crippen MR) is 75.0 cm³/mol. The summed E-state index contributed by atoms with van der Waals surface area (Å²) in [6.45, 7) is 6.10. The van der Waals surface area contributed by atoms with E-state index in [1.807, 2.05) is 19.3 Å². The molecular weight excluding hydrogens is 242 g/mol. The molecule has 108 valence electrons. The van der Waals surface area contributed by atoms with Crippen molar-refractivity contribution in [2.24, 2.45) is 0 Å². The number of methoxy groups -OCH3 is 1. The van der Waals surface area contributed by atoms with E-state index >= 15 is 0 Å². The molecule has 1 heterocycles. The lowest BCUT2D eigenvalue weighted by molar-refractivity contribution is -0.148. The van der Waals surface area contributed by atoms with Gasteiger partial charge in [-0.15, -0.1) is 0 Å². The molecule has 0 fully saturated rings. The van der Waals surface area contributed by atoms with Crippen molar-refractivity contribution in [3.05, 3.63) is 18.2 Å². The first-order chi connectivity index (χ1) is 8.98. The number of carbonyl (C=O) groups is 1. The number of aromatic nitrogens is 2. The van der Waals surface area contributed by atoms with Gasteiger partial charge >= 0.3 is 5.97 Å². The van der Waals surface area contributed by atoms with Gasteiger partial charge in [0.25, 0.3) is 0 Å². The van der Waals surface area contributed by atoms with Crippen LogP contribution in [0.5, 0.6) is 0 Å². The highest BCUT2D eigenvalue weighted by Crippen LogP contribution is 2.23. The van der Waals surface area contributed by atoms with Crippen molar-refractivity contribution >= 4 is 5.97 Å². The number of rotatable bonds is 7. The van der Waals surface area contributed by atoms with Gasteiger partial charge in [-0.25, -0.2) is 4.98 Å². The van der Waals surface area contributed by atoms with E-state index in [0.717, 1.165) is 18.7 Å². The van der Waals surface area contributed by atoms with Crippen molar-refractivity contribution in [3.63, 3.8) is 0 Å². The fraction of sp³-hybridized carbons (Fsp3) is 0.714. The molecule has 0 bridgehead atoms. The fourth-order valence-electron chi connectivity index (χ4n) is 2.36. The monoisotopic (exact) mass is 267 g/mol. The summed E-state index contributed by atoms with van der Waals surface area (Å²) in [5.41, 5.74) is -0.679. The maximum absolute atomic E-state index is 11.9. The zero-order valence-electron chi connectivity index (χ0n) is 12.6. The minimum Gasteiger partial charge on any atom is -0.468 e. The Balaban J connectivity index is 2.85. The second kappa shape index (κ2) is 6.70. The largest absolute Gasteiger partial charge is 0.468 e. The zero-order valence-corrected chi connectivity index (χ0v) is 12.6. The molecule has 2 unspecified atom stereocenters. The molecule has 5 heteroatoms. The maximum atomic E-state index is 11.9. The van der Waals surface area contributed by atoms with Gasteiger partial charge in [0.1, 0.15) is 11.4 Å². The number of esters is 1. The molecule has 1 N–H and O–H groups in total. The third-order valence-electron chi connectivity index (χ3n) is 3.59. The number of hydrogen-bond donors (Lipinski definition) is 1. The summed E-state index contributed by atoms with van der Waals surface area (Å²) in [4.78, 5) is 16.2.